The Bertz CT molecular complexity index is 1300. The van der Waals surface area contributed by atoms with Gasteiger partial charge in [-0.25, -0.2) is 4.79 Å². The molecule has 4 rings (SSSR count). The summed E-state index contributed by atoms with van der Waals surface area (Å²) in [4.78, 5) is 12.7. The third kappa shape index (κ3) is 3.97. The Kier molecular flexibility index (Phi) is 5.36. The summed E-state index contributed by atoms with van der Waals surface area (Å²) in [6.45, 7) is 4.25. The fourth-order valence-corrected chi connectivity index (χ4v) is 3.59. The van der Waals surface area contributed by atoms with Crippen LogP contribution in [0.2, 0.25) is 0 Å². The molecule has 1 heterocycles. The Labute approximate surface area is 175 Å². The van der Waals surface area contributed by atoms with Crippen molar-refractivity contribution < 1.29 is 9.15 Å². The van der Waals surface area contributed by atoms with Crippen molar-refractivity contribution in [3.63, 3.8) is 0 Å². The molecule has 148 valence electrons. The average molecular weight is 395 g/mol. The zero-order chi connectivity index (χ0) is 21.1. The summed E-state index contributed by atoms with van der Waals surface area (Å²) < 4.78 is 11.8. The monoisotopic (exact) mass is 395 g/mol. The summed E-state index contributed by atoms with van der Waals surface area (Å²) in [5.74, 6) is 0.685. The number of ether oxygens (including phenoxy) is 1. The summed E-state index contributed by atoms with van der Waals surface area (Å²) in [6.07, 6.45) is 0.508. The maximum atomic E-state index is 12.7. The molecule has 1 aromatic heterocycles. The molecule has 0 bridgehead atoms. The van der Waals surface area contributed by atoms with Gasteiger partial charge in [-0.1, -0.05) is 42.5 Å². The average Bonchev–Trinajstić information content (AvgIpc) is 2.75. The number of rotatable bonds is 5. The Morgan fingerprint density at radius 2 is 1.70 bits per heavy atom. The highest BCUT2D eigenvalue weighted by Gasteiger charge is 2.16. The zero-order valence-electron chi connectivity index (χ0n) is 16.9. The van der Waals surface area contributed by atoms with Crippen molar-refractivity contribution in [3.05, 3.63) is 111 Å². The highest BCUT2D eigenvalue weighted by Crippen LogP contribution is 2.32. The molecule has 0 saturated heterocycles. The second kappa shape index (κ2) is 8.26. The van der Waals surface area contributed by atoms with Gasteiger partial charge < -0.3 is 9.15 Å². The minimum atomic E-state index is -0.313. The molecular weight excluding hydrogens is 374 g/mol. The third-order valence-electron chi connectivity index (χ3n) is 5.19. The van der Waals surface area contributed by atoms with Gasteiger partial charge in [0, 0.05) is 12.0 Å². The van der Waals surface area contributed by atoms with Crippen molar-refractivity contribution in [3.8, 4) is 11.8 Å². The largest absolute Gasteiger partial charge is 0.488 e. The molecule has 0 unspecified atom stereocenters. The molecule has 0 atom stereocenters. The molecule has 0 N–H and O–H groups in total. The van der Waals surface area contributed by atoms with Crippen LogP contribution in [0.4, 0.5) is 0 Å². The van der Waals surface area contributed by atoms with E-state index < -0.39 is 0 Å². The van der Waals surface area contributed by atoms with Crippen LogP contribution in [-0.2, 0) is 13.0 Å². The minimum absolute atomic E-state index is 0.313. The standard InChI is InChI=1S/C26H21NO3/c1-17-12-23(29-16-21-10-8-20(15-27)9-11-21)25-18(2)22(26(28)30-24(25)13-17)14-19-6-4-3-5-7-19/h3-13H,14,16H2,1-2H3. The first-order chi connectivity index (χ1) is 14.5. The number of nitrogens with zero attached hydrogens (tertiary/aromatic N) is 1. The van der Waals surface area contributed by atoms with E-state index in [9.17, 15) is 4.79 Å². The van der Waals surface area contributed by atoms with Gasteiger partial charge >= 0.3 is 5.63 Å². The van der Waals surface area contributed by atoms with E-state index in [1.54, 1.807) is 12.1 Å². The normalized spacial score (nSPS) is 10.7. The molecule has 0 spiro atoms. The van der Waals surface area contributed by atoms with Crippen LogP contribution in [0.25, 0.3) is 11.0 Å². The summed E-state index contributed by atoms with van der Waals surface area (Å²) in [6, 6.07) is 23.1. The van der Waals surface area contributed by atoms with Gasteiger partial charge in [0.05, 0.1) is 17.0 Å². The number of nitriles is 1. The Hall–Kier alpha value is -3.84. The molecule has 0 aliphatic carbocycles. The van der Waals surface area contributed by atoms with Crippen molar-refractivity contribution in [1.82, 2.24) is 0 Å². The quantitative estimate of drug-likeness (QED) is 0.422. The molecule has 0 aliphatic heterocycles. The molecule has 30 heavy (non-hydrogen) atoms. The predicted octanol–water partition coefficient (Wildman–Crippen LogP) is 5.45. The van der Waals surface area contributed by atoms with Crippen LogP contribution in [0.3, 0.4) is 0 Å². The van der Waals surface area contributed by atoms with Gasteiger partial charge in [0.1, 0.15) is 17.9 Å². The fourth-order valence-electron chi connectivity index (χ4n) is 3.59. The van der Waals surface area contributed by atoms with Crippen LogP contribution in [0.5, 0.6) is 5.75 Å². The van der Waals surface area contributed by atoms with Crippen LogP contribution in [0.15, 0.2) is 75.9 Å². The van der Waals surface area contributed by atoms with Gasteiger partial charge in [-0.2, -0.15) is 5.26 Å². The lowest BCUT2D eigenvalue weighted by Crippen LogP contribution is -2.11. The van der Waals surface area contributed by atoms with Crippen LogP contribution in [0, 0.1) is 25.2 Å². The van der Waals surface area contributed by atoms with Crippen molar-refractivity contribution >= 4 is 11.0 Å². The number of fused-ring (bicyclic) bond motifs is 1. The molecule has 0 fully saturated rings. The molecular formula is C26H21NO3. The summed E-state index contributed by atoms with van der Waals surface area (Å²) in [7, 11) is 0. The molecule has 3 aromatic carbocycles. The smallest absolute Gasteiger partial charge is 0.340 e. The molecule has 0 amide bonds. The molecule has 0 radical (unpaired) electrons. The Morgan fingerprint density at radius 1 is 0.967 bits per heavy atom. The van der Waals surface area contributed by atoms with E-state index >= 15 is 0 Å². The van der Waals surface area contributed by atoms with Crippen LogP contribution in [0.1, 0.15) is 33.4 Å². The maximum absolute atomic E-state index is 12.7. The Morgan fingerprint density at radius 3 is 2.40 bits per heavy atom. The van der Waals surface area contributed by atoms with E-state index in [-0.39, 0.29) is 5.63 Å². The summed E-state index contributed by atoms with van der Waals surface area (Å²) >= 11 is 0. The van der Waals surface area contributed by atoms with Crippen molar-refractivity contribution in [2.45, 2.75) is 26.9 Å². The van der Waals surface area contributed by atoms with Gasteiger partial charge in [-0.15, -0.1) is 0 Å². The molecule has 0 saturated carbocycles. The SMILES string of the molecule is Cc1cc(OCc2ccc(C#N)cc2)c2c(C)c(Cc3ccccc3)c(=O)oc2c1. The third-order valence-corrected chi connectivity index (χ3v) is 5.19. The number of hydrogen-bond acceptors (Lipinski definition) is 4. The van der Waals surface area contributed by atoms with E-state index in [4.69, 9.17) is 14.4 Å². The molecule has 4 heteroatoms. The van der Waals surface area contributed by atoms with Crippen LogP contribution < -0.4 is 10.4 Å². The van der Waals surface area contributed by atoms with Gasteiger partial charge in [0.25, 0.3) is 0 Å². The summed E-state index contributed by atoms with van der Waals surface area (Å²) in [5, 5.41) is 9.77. The van der Waals surface area contributed by atoms with E-state index in [0.29, 0.717) is 35.5 Å². The molecule has 4 nitrogen and oxygen atoms in total. The highest BCUT2D eigenvalue weighted by atomic mass is 16.5. The number of hydrogen-bond donors (Lipinski definition) is 0. The van der Waals surface area contributed by atoms with Crippen molar-refractivity contribution in [2.24, 2.45) is 0 Å². The number of benzene rings is 3. The zero-order valence-corrected chi connectivity index (χ0v) is 16.9. The molecule has 4 aromatic rings. The minimum Gasteiger partial charge on any atom is -0.488 e. The first-order valence-corrected chi connectivity index (χ1v) is 9.78. The number of aryl methyl sites for hydroxylation is 2. The van der Waals surface area contributed by atoms with Gasteiger partial charge in [-0.3, -0.25) is 0 Å². The van der Waals surface area contributed by atoms with Crippen molar-refractivity contribution in [1.29, 1.82) is 5.26 Å². The summed E-state index contributed by atoms with van der Waals surface area (Å²) in [5.41, 5.74) is 5.32. The second-order valence-corrected chi connectivity index (χ2v) is 7.39. The predicted molar refractivity (Wildman–Crippen MR) is 117 cm³/mol. The second-order valence-electron chi connectivity index (χ2n) is 7.39. The van der Waals surface area contributed by atoms with E-state index in [2.05, 4.69) is 6.07 Å². The lowest BCUT2D eigenvalue weighted by molar-refractivity contribution is 0.309. The Balaban J connectivity index is 1.74. The lowest BCUT2D eigenvalue weighted by Gasteiger charge is -2.14. The van der Waals surface area contributed by atoms with Crippen molar-refractivity contribution in [2.75, 3.05) is 0 Å². The first-order valence-electron chi connectivity index (χ1n) is 9.78. The van der Waals surface area contributed by atoms with E-state index in [0.717, 1.165) is 27.6 Å². The van der Waals surface area contributed by atoms with E-state index in [1.165, 1.54) is 0 Å². The first kappa shape index (κ1) is 19.5. The lowest BCUT2D eigenvalue weighted by atomic mass is 9.98. The fraction of sp³-hybridized carbons (Fsp3) is 0.154. The highest BCUT2D eigenvalue weighted by molar-refractivity contribution is 5.88. The van der Waals surface area contributed by atoms with Gasteiger partial charge in [0.15, 0.2) is 0 Å². The van der Waals surface area contributed by atoms with Gasteiger partial charge in [-0.05, 0) is 60.4 Å². The molecule has 0 aliphatic rings. The van der Waals surface area contributed by atoms with Crippen LogP contribution in [-0.4, -0.2) is 0 Å². The van der Waals surface area contributed by atoms with E-state index in [1.807, 2.05) is 68.4 Å². The topological polar surface area (TPSA) is 63.2 Å². The maximum Gasteiger partial charge on any atom is 0.340 e. The van der Waals surface area contributed by atoms with Gasteiger partial charge in [0.2, 0.25) is 0 Å². The van der Waals surface area contributed by atoms with Crippen LogP contribution >= 0.6 is 0 Å².